The zero-order valence-electron chi connectivity index (χ0n) is 12.6. The van der Waals surface area contributed by atoms with Crippen molar-refractivity contribution in [3.8, 4) is 0 Å². The van der Waals surface area contributed by atoms with Crippen LogP contribution in [0.1, 0.15) is 28.6 Å². The number of hydrogen-bond acceptors (Lipinski definition) is 6. The molecule has 3 N–H and O–H groups in total. The third-order valence-corrected chi connectivity index (χ3v) is 4.32. The first-order chi connectivity index (χ1) is 10.5. The van der Waals surface area contributed by atoms with Gasteiger partial charge in [0.05, 0.1) is 21.7 Å². The lowest BCUT2D eigenvalue weighted by atomic mass is 10.2. The fraction of sp³-hybridized carbons (Fsp3) is 0.400. The maximum absolute atomic E-state index is 12.1. The van der Waals surface area contributed by atoms with Gasteiger partial charge < -0.3 is 15.8 Å². The first kappa shape index (κ1) is 16.4. The number of esters is 1. The fourth-order valence-electron chi connectivity index (χ4n) is 1.86. The molecule has 0 aromatic carbocycles. The topological polar surface area (TPSA) is 94.3 Å². The highest BCUT2D eigenvalue weighted by Gasteiger charge is 2.17. The molecule has 2 aromatic heterocycles. The van der Waals surface area contributed by atoms with Crippen LogP contribution in [-0.2, 0) is 9.53 Å². The molecule has 0 aliphatic heterocycles. The number of nitrogens with zero attached hydrogens (tertiary/aromatic N) is 1. The number of hydrogen-bond donors (Lipinski definition) is 2. The molecule has 118 valence electrons. The summed E-state index contributed by atoms with van der Waals surface area (Å²) in [5, 5.41) is 2.65. The molecule has 1 amide bonds. The lowest BCUT2D eigenvalue weighted by molar-refractivity contribution is -0.145. The van der Waals surface area contributed by atoms with Gasteiger partial charge in [0.25, 0.3) is 5.91 Å². The van der Waals surface area contributed by atoms with Gasteiger partial charge in [0, 0.05) is 12.7 Å². The van der Waals surface area contributed by atoms with Crippen LogP contribution in [0.25, 0.3) is 10.2 Å². The van der Waals surface area contributed by atoms with Gasteiger partial charge in [0.2, 0.25) is 0 Å². The summed E-state index contributed by atoms with van der Waals surface area (Å²) >= 11 is 1.37. The Labute approximate surface area is 132 Å². The van der Waals surface area contributed by atoms with Gasteiger partial charge in [-0.2, -0.15) is 0 Å². The van der Waals surface area contributed by atoms with Crippen molar-refractivity contribution >= 4 is 33.4 Å². The standard InChI is InChI=1S/C15H19N3O3S/c1-3-6-21-15(20)10(16)8-18-14(19)12-7-11-13(22-12)9(2)4-5-17-11/h4-5,7,10H,3,6,8,16H2,1-2H3,(H,18,19). The van der Waals surface area contributed by atoms with Gasteiger partial charge in [-0.3, -0.25) is 14.6 Å². The molecule has 0 bridgehead atoms. The van der Waals surface area contributed by atoms with E-state index in [9.17, 15) is 9.59 Å². The summed E-state index contributed by atoms with van der Waals surface area (Å²) in [4.78, 5) is 28.4. The van der Waals surface area contributed by atoms with Crippen LogP contribution in [0.5, 0.6) is 0 Å². The van der Waals surface area contributed by atoms with E-state index in [1.807, 2.05) is 19.9 Å². The third-order valence-electron chi connectivity index (χ3n) is 3.07. The van der Waals surface area contributed by atoms with Gasteiger partial charge in [-0.15, -0.1) is 11.3 Å². The van der Waals surface area contributed by atoms with Gasteiger partial charge in [-0.05, 0) is 31.0 Å². The Morgan fingerprint density at radius 2 is 2.27 bits per heavy atom. The summed E-state index contributed by atoms with van der Waals surface area (Å²) in [7, 11) is 0. The Bertz CT molecular complexity index is 684. The summed E-state index contributed by atoms with van der Waals surface area (Å²) in [6.07, 6.45) is 2.45. The predicted octanol–water partition coefficient (Wildman–Crippen LogP) is 1.62. The number of carbonyl (C=O) groups is 2. The zero-order chi connectivity index (χ0) is 16.1. The molecule has 1 unspecified atom stereocenters. The monoisotopic (exact) mass is 321 g/mol. The molecule has 0 fully saturated rings. The average Bonchev–Trinajstić information content (AvgIpc) is 2.95. The van der Waals surface area contributed by atoms with Gasteiger partial charge in [0.15, 0.2) is 0 Å². The third kappa shape index (κ3) is 3.80. The van der Waals surface area contributed by atoms with Crippen molar-refractivity contribution < 1.29 is 14.3 Å². The number of aromatic nitrogens is 1. The number of fused-ring (bicyclic) bond motifs is 1. The second-order valence-electron chi connectivity index (χ2n) is 4.94. The quantitative estimate of drug-likeness (QED) is 0.788. The van der Waals surface area contributed by atoms with Crippen LogP contribution in [0.2, 0.25) is 0 Å². The van der Waals surface area contributed by atoms with E-state index >= 15 is 0 Å². The molecule has 0 saturated heterocycles. The smallest absolute Gasteiger partial charge is 0.324 e. The second kappa shape index (κ2) is 7.33. The fourth-order valence-corrected chi connectivity index (χ4v) is 2.86. The number of nitrogens with two attached hydrogens (primary N) is 1. The maximum Gasteiger partial charge on any atom is 0.324 e. The second-order valence-corrected chi connectivity index (χ2v) is 5.99. The molecule has 0 saturated carbocycles. The van der Waals surface area contributed by atoms with E-state index in [0.717, 1.165) is 22.2 Å². The van der Waals surface area contributed by atoms with Crippen molar-refractivity contribution in [2.24, 2.45) is 5.73 Å². The van der Waals surface area contributed by atoms with Gasteiger partial charge in [-0.1, -0.05) is 6.92 Å². The number of amides is 1. The number of rotatable bonds is 6. The number of pyridine rings is 1. The Balaban J connectivity index is 1.96. The van der Waals surface area contributed by atoms with Crippen molar-refractivity contribution in [3.05, 3.63) is 28.8 Å². The minimum absolute atomic E-state index is 0.0437. The molecule has 2 aromatic rings. The molecule has 1 atom stereocenters. The summed E-state index contributed by atoms with van der Waals surface area (Å²) in [5.74, 6) is -0.767. The zero-order valence-corrected chi connectivity index (χ0v) is 13.4. The van der Waals surface area contributed by atoms with Crippen molar-refractivity contribution in [3.63, 3.8) is 0 Å². The van der Waals surface area contributed by atoms with E-state index in [2.05, 4.69) is 10.3 Å². The van der Waals surface area contributed by atoms with E-state index in [0.29, 0.717) is 11.5 Å². The molecule has 6 nitrogen and oxygen atoms in total. The van der Waals surface area contributed by atoms with E-state index < -0.39 is 12.0 Å². The number of aryl methyl sites for hydroxylation is 1. The van der Waals surface area contributed by atoms with E-state index in [1.54, 1.807) is 12.3 Å². The van der Waals surface area contributed by atoms with Crippen LogP contribution in [0.3, 0.4) is 0 Å². The molecule has 0 aliphatic rings. The van der Waals surface area contributed by atoms with Crippen molar-refractivity contribution in [1.82, 2.24) is 10.3 Å². The molecule has 2 heterocycles. The Morgan fingerprint density at radius 1 is 1.50 bits per heavy atom. The average molecular weight is 321 g/mol. The Kier molecular flexibility index (Phi) is 5.46. The number of carbonyl (C=O) groups excluding carboxylic acids is 2. The molecular formula is C15H19N3O3S. The van der Waals surface area contributed by atoms with Crippen molar-refractivity contribution in [1.29, 1.82) is 0 Å². The van der Waals surface area contributed by atoms with Crippen LogP contribution >= 0.6 is 11.3 Å². The molecule has 22 heavy (non-hydrogen) atoms. The van der Waals surface area contributed by atoms with Gasteiger partial charge >= 0.3 is 5.97 Å². The minimum atomic E-state index is -0.857. The van der Waals surface area contributed by atoms with Crippen LogP contribution < -0.4 is 11.1 Å². The van der Waals surface area contributed by atoms with Gasteiger partial charge in [0.1, 0.15) is 6.04 Å². The van der Waals surface area contributed by atoms with E-state index in [1.165, 1.54) is 11.3 Å². The highest BCUT2D eigenvalue weighted by atomic mass is 32.1. The maximum atomic E-state index is 12.1. The first-order valence-electron chi connectivity index (χ1n) is 7.08. The summed E-state index contributed by atoms with van der Waals surface area (Å²) in [5.41, 5.74) is 7.56. The lowest BCUT2D eigenvalue weighted by Crippen LogP contribution is -2.43. The molecule has 0 spiro atoms. The Morgan fingerprint density at radius 3 is 2.95 bits per heavy atom. The molecule has 2 rings (SSSR count). The lowest BCUT2D eigenvalue weighted by Gasteiger charge is -2.11. The largest absolute Gasteiger partial charge is 0.464 e. The van der Waals surface area contributed by atoms with Crippen molar-refractivity contribution in [2.75, 3.05) is 13.2 Å². The summed E-state index contributed by atoms with van der Waals surface area (Å²) in [6.45, 7) is 4.25. The summed E-state index contributed by atoms with van der Waals surface area (Å²) < 4.78 is 5.92. The highest BCUT2D eigenvalue weighted by molar-refractivity contribution is 7.21. The number of ether oxygens (including phenoxy) is 1. The normalized spacial score (nSPS) is 12.1. The highest BCUT2D eigenvalue weighted by Crippen LogP contribution is 2.26. The molecule has 0 aliphatic carbocycles. The molecule has 7 heteroatoms. The SMILES string of the molecule is CCCOC(=O)C(N)CNC(=O)c1cc2nccc(C)c2s1. The predicted molar refractivity (Wildman–Crippen MR) is 85.9 cm³/mol. The van der Waals surface area contributed by atoms with E-state index in [-0.39, 0.29) is 12.5 Å². The molecular weight excluding hydrogens is 302 g/mol. The molecule has 0 radical (unpaired) electrons. The van der Waals surface area contributed by atoms with Crippen LogP contribution in [0.15, 0.2) is 18.3 Å². The number of nitrogens with one attached hydrogen (secondary N) is 1. The first-order valence-corrected chi connectivity index (χ1v) is 7.90. The van der Waals surface area contributed by atoms with Crippen LogP contribution in [0.4, 0.5) is 0 Å². The summed E-state index contributed by atoms with van der Waals surface area (Å²) in [6, 6.07) is 2.79. The van der Waals surface area contributed by atoms with Gasteiger partial charge in [-0.25, -0.2) is 0 Å². The Hall–Kier alpha value is -1.99. The van der Waals surface area contributed by atoms with Crippen molar-refractivity contribution in [2.45, 2.75) is 26.3 Å². The number of thiophene rings is 1. The minimum Gasteiger partial charge on any atom is -0.464 e. The van der Waals surface area contributed by atoms with Crippen LogP contribution in [-0.4, -0.2) is 36.1 Å². The van der Waals surface area contributed by atoms with E-state index in [4.69, 9.17) is 10.5 Å². The van der Waals surface area contributed by atoms with Crippen LogP contribution in [0, 0.1) is 6.92 Å².